The SMILES string of the molecule is COc1cc(C#N)c(NC(=O)CN2CCN(C/C=C/c3ccccc3)CC2)cc1OC. The maximum atomic E-state index is 12.6. The van der Waals surface area contributed by atoms with Crippen LogP contribution in [-0.4, -0.2) is 69.2 Å². The van der Waals surface area contributed by atoms with E-state index in [0.717, 1.165) is 32.7 Å². The third-order valence-corrected chi connectivity index (χ3v) is 5.22. The molecule has 31 heavy (non-hydrogen) atoms. The summed E-state index contributed by atoms with van der Waals surface area (Å²) in [5.41, 5.74) is 1.96. The van der Waals surface area contributed by atoms with Crippen molar-refractivity contribution in [3.63, 3.8) is 0 Å². The first-order valence-electron chi connectivity index (χ1n) is 10.2. The molecule has 0 atom stereocenters. The fraction of sp³-hybridized carbons (Fsp3) is 0.333. The molecule has 2 aromatic carbocycles. The van der Waals surface area contributed by atoms with Gasteiger partial charge in [0.25, 0.3) is 0 Å². The summed E-state index contributed by atoms with van der Waals surface area (Å²) in [5, 5.41) is 12.2. The fourth-order valence-corrected chi connectivity index (χ4v) is 3.50. The smallest absolute Gasteiger partial charge is 0.238 e. The highest BCUT2D eigenvalue weighted by atomic mass is 16.5. The molecule has 1 amide bonds. The highest BCUT2D eigenvalue weighted by Crippen LogP contribution is 2.33. The Hall–Kier alpha value is -3.34. The lowest BCUT2D eigenvalue weighted by Crippen LogP contribution is -2.48. The summed E-state index contributed by atoms with van der Waals surface area (Å²) >= 11 is 0. The summed E-state index contributed by atoms with van der Waals surface area (Å²) in [5.74, 6) is 0.768. The van der Waals surface area contributed by atoms with Crippen molar-refractivity contribution in [1.29, 1.82) is 5.26 Å². The normalized spacial score (nSPS) is 14.9. The third-order valence-electron chi connectivity index (χ3n) is 5.22. The van der Waals surface area contributed by atoms with Gasteiger partial charge >= 0.3 is 0 Å². The number of nitrogens with zero attached hydrogens (tertiary/aromatic N) is 3. The molecule has 1 saturated heterocycles. The van der Waals surface area contributed by atoms with E-state index in [9.17, 15) is 10.1 Å². The van der Waals surface area contributed by atoms with Crippen molar-refractivity contribution >= 4 is 17.7 Å². The Morgan fingerprint density at radius 1 is 1.06 bits per heavy atom. The number of carbonyl (C=O) groups excluding carboxylic acids is 1. The van der Waals surface area contributed by atoms with Crippen LogP contribution in [0.5, 0.6) is 11.5 Å². The van der Waals surface area contributed by atoms with Gasteiger partial charge in [0.05, 0.1) is 32.0 Å². The van der Waals surface area contributed by atoms with Gasteiger partial charge in [-0.3, -0.25) is 14.6 Å². The van der Waals surface area contributed by atoms with Gasteiger partial charge in [-0.25, -0.2) is 0 Å². The minimum absolute atomic E-state index is 0.152. The van der Waals surface area contributed by atoms with Gasteiger partial charge in [-0.1, -0.05) is 42.5 Å². The highest BCUT2D eigenvalue weighted by molar-refractivity contribution is 5.94. The van der Waals surface area contributed by atoms with E-state index in [2.05, 4.69) is 45.5 Å². The Balaban J connectivity index is 1.48. The molecule has 1 N–H and O–H groups in total. The molecule has 0 radical (unpaired) electrons. The molecule has 0 aromatic heterocycles. The first-order chi connectivity index (χ1) is 15.1. The molecule has 0 unspecified atom stereocenters. The van der Waals surface area contributed by atoms with E-state index in [4.69, 9.17) is 9.47 Å². The van der Waals surface area contributed by atoms with Crippen LogP contribution in [0.2, 0.25) is 0 Å². The molecule has 7 heteroatoms. The molecule has 162 valence electrons. The number of nitrogens with one attached hydrogen (secondary N) is 1. The van der Waals surface area contributed by atoms with Crippen LogP contribution in [0.25, 0.3) is 6.08 Å². The van der Waals surface area contributed by atoms with E-state index in [1.54, 1.807) is 12.1 Å². The number of anilines is 1. The van der Waals surface area contributed by atoms with Crippen molar-refractivity contribution in [1.82, 2.24) is 9.80 Å². The lowest BCUT2D eigenvalue weighted by atomic mass is 10.1. The molecule has 0 saturated carbocycles. The van der Waals surface area contributed by atoms with Gasteiger partial charge in [-0.05, 0) is 5.56 Å². The van der Waals surface area contributed by atoms with Crippen molar-refractivity contribution in [2.24, 2.45) is 0 Å². The fourth-order valence-electron chi connectivity index (χ4n) is 3.50. The zero-order valence-corrected chi connectivity index (χ0v) is 18.0. The predicted molar refractivity (Wildman–Crippen MR) is 121 cm³/mol. The number of hydrogen-bond donors (Lipinski definition) is 1. The zero-order chi connectivity index (χ0) is 22.1. The van der Waals surface area contributed by atoms with Gasteiger partial charge in [0, 0.05) is 44.9 Å². The maximum Gasteiger partial charge on any atom is 0.238 e. The molecule has 0 bridgehead atoms. The Morgan fingerprint density at radius 2 is 1.71 bits per heavy atom. The van der Waals surface area contributed by atoms with E-state index in [-0.39, 0.29) is 12.5 Å². The molecule has 2 aromatic rings. The van der Waals surface area contributed by atoms with Crippen LogP contribution in [0.1, 0.15) is 11.1 Å². The molecule has 1 heterocycles. The minimum atomic E-state index is -0.152. The van der Waals surface area contributed by atoms with E-state index in [1.165, 1.54) is 19.8 Å². The van der Waals surface area contributed by atoms with Crippen molar-refractivity contribution in [3.05, 3.63) is 59.7 Å². The first kappa shape index (κ1) is 22.3. The second-order valence-electron chi connectivity index (χ2n) is 7.30. The second-order valence-corrected chi connectivity index (χ2v) is 7.30. The Morgan fingerprint density at radius 3 is 2.35 bits per heavy atom. The Kier molecular flexibility index (Phi) is 8.05. The molecule has 0 aliphatic carbocycles. The molecular weight excluding hydrogens is 392 g/mol. The largest absolute Gasteiger partial charge is 0.493 e. The predicted octanol–water partition coefficient (Wildman–Crippen LogP) is 2.84. The number of piperazine rings is 1. The zero-order valence-electron chi connectivity index (χ0n) is 18.0. The molecular formula is C24H28N4O3. The van der Waals surface area contributed by atoms with E-state index in [0.29, 0.717) is 22.7 Å². The van der Waals surface area contributed by atoms with Gasteiger partial charge < -0.3 is 14.8 Å². The van der Waals surface area contributed by atoms with Crippen molar-refractivity contribution < 1.29 is 14.3 Å². The van der Waals surface area contributed by atoms with Gasteiger partial charge in [0.1, 0.15) is 6.07 Å². The standard InChI is InChI=1S/C24H28N4O3/c1-30-22-15-20(17-25)21(16-23(22)31-2)26-24(29)18-28-13-11-27(12-14-28)10-6-9-19-7-4-3-5-8-19/h3-9,15-16H,10-14,18H2,1-2H3,(H,26,29)/b9-6+. The summed E-state index contributed by atoms with van der Waals surface area (Å²) in [4.78, 5) is 17.0. The van der Waals surface area contributed by atoms with Crippen LogP contribution in [0.4, 0.5) is 5.69 Å². The van der Waals surface area contributed by atoms with E-state index >= 15 is 0 Å². The van der Waals surface area contributed by atoms with Gasteiger partial charge in [-0.15, -0.1) is 0 Å². The third kappa shape index (κ3) is 6.32. The monoisotopic (exact) mass is 420 g/mol. The van der Waals surface area contributed by atoms with Crippen LogP contribution in [-0.2, 0) is 4.79 Å². The summed E-state index contributed by atoms with van der Waals surface area (Å²) in [7, 11) is 3.03. The summed E-state index contributed by atoms with van der Waals surface area (Å²) < 4.78 is 10.5. The van der Waals surface area contributed by atoms with Crippen molar-refractivity contribution in [3.8, 4) is 17.6 Å². The van der Waals surface area contributed by atoms with Crippen LogP contribution < -0.4 is 14.8 Å². The molecule has 3 rings (SSSR count). The van der Waals surface area contributed by atoms with Gasteiger partial charge in [-0.2, -0.15) is 5.26 Å². The number of amides is 1. The van der Waals surface area contributed by atoms with Crippen LogP contribution in [0, 0.1) is 11.3 Å². The molecule has 0 spiro atoms. The average molecular weight is 421 g/mol. The topological polar surface area (TPSA) is 77.8 Å². The van der Waals surface area contributed by atoms with Crippen LogP contribution in [0.15, 0.2) is 48.5 Å². The maximum absolute atomic E-state index is 12.6. The van der Waals surface area contributed by atoms with E-state index < -0.39 is 0 Å². The van der Waals surface area contributed by atoms with Crippen molar-refractivity contribution in [2.75, 3.05) is 58.8 Å². The highest BCUT2D eigenvalue weighted by Gasteiger charge is 2.19. The Bertz CT molecular complexity index is 945. The molecule has 1 fully saturated rings. The number of ether oxygens (including phenoxy) is 2. The quantitative estimate of drug-likeness (QED) is 0.708. The number of carbonyl (C=O) groups is 1. The number of nitriles is 1. The number of methoxy groups -OCH3 is 2. The first-order valence-corrected chi connectivity index (χ1v) is 10.2. The van der Waals surface area contributed by atoms with E-state index in [1.807, 2.05) is 18.2 Å². The van der Waals surface area contributed by atoms with Gasteiger partial charge in [0.15, 0.2) is 11.5 Å². The summed E-state index contributed by atoms with van der Waals surface area (Å²) in [6.07, 6.45) is 4.31. The minimum Gasteiger partial charge on any atom is -0.493 e. The number of benzene rings is 2. The van der Waals surface area contributed by atoms with Crippen molar-refractivity contribution in [2.45, 2.75) is 0 Å². The second kappa shape index (κ2) is 11.2. The number of rotatable bonds is 8. The Labute approximate surface area is 183 Å². The summed E-state index contributed by atoms with van der Waals surface area (Å²) in [6.45, 7) is 4.64. The number of hydrogen-bond acceptors (Lipinski definition) is 6. The molecule has 1 aliphatic heterocycles. The van der Waals surface area contributed by atoms with Gasteiger partial charge in [0.2, 0.25) is 5.91 Å². The average Bonchev–Trinajstić information content (AvgIpc) is 2.80. The molecule has 7 nitrogen and oxygen atoms in total. The molecule has 1 aliphatic rings. The van der Waals surface area contributed by atoms with Crippen LogP contribution in [0.3, 0.4) is 0 Å². The van der Waals surface area contributed by atoms with Crippen LogP contribution >= 0.6 is 0 Å². The lowest BCUT2D eigenvalue weighted by molar-refractivity contribution is -0.117. The lowest BCUT2D eigenvalue weighted by Gasteiger charge is -2.33. The summed E-state index contributed by atoms with van der Waals surface area (Å²) in [6, 6.07) is 15.5.